The molecule has 1 saturated heterocycles. The van der Waals surface area contributed by atoms with Crippen molar-refractivity contribution in [1.29, 1.82) is 0 Å². The standard InChI is InChI=1S/C26H34N6O5S/c1-18-5-3-14-31(18)25(33)19-8-10-20(11-9-19)29-26-27-13-12-24(30-26)32-22-6-2-7-23(21(22)17-28-32)37-15-4-16-38(34,35)36/h2,6-7,12-13,17-20H,3-5,8-11,14-16H2,1H3,(H,27,29,30)(H,34,35,36). The number of anilines is 1. The monoisotopic (exact) mass is 542 g/mol. The van der Waals surface area contributed by atoms with Gasteiger partial charge in [0, 0.05) is 36.8 Å². The maximum Gasteiger partial charge on any atom is 0.264 e. The van der Waals surface area contributed by atoms with Crippen LogP contribution in [-0.2, 0) is 14.9 Å². The number of nitrogens with zero attached hydrogens (tertiary/aromatic N) is 5. The summed E-state index contributed by atoms with van der Waals surface area (Å²) in [5.74, 6) is 1.78. The molecule has 3 aromatic rings. The van der Waals surface area contributed by atoms with Crippen molar-refractivity contribution in [1.82, 2.24) is 24.6 Å². The Bertz CT molecular complexity index is 1390. The van der Waals surface area contributed by atoms with Crippen LogP contribution in [0.15, 0.2) is 36.7 Å². The number of fused-ring (bicyclic) bond motifs is 1. The number of aromatic nitrogens is 4. The van der Waals surface area contributed by atoms with E-state index < -0.39 is 10.1 Å². The topological polar surface area (TPSA) is 140 Å². The van der Waals surface area contributed by atoms with Crippen molar-refractivity contribution in [3.63, 3.8) is 0 Å². The Balaban J connectivity index is 1.22. The zero-order valence-corrected chi connectivity index (χ0v) is 22.3. The van der Waals surface area contributed by atoms with Crippen LogP contribution >= 0.6 is 0 Å². The van der Waals surface area contributed by atoms with Crippen molar-refractivity contribution < 1.29 is 22.5 Å². The van der Waals surface area contributed by atoms with Gasteiger partial charge in [0.1, 0.15) is 5.75 Å². The first-order valence-corrected chi connectivity index (χ1v) is 14.8. The van der Waals surface area contributed by atoms with Gasteiger partial charge in [-0.3, -0.25) is 9.35 Å². The highest BCUT2D eigenvalue weighted by atomic mass is 32.2. The van der Waals surface area contributed by atoms with Crippen LogP contribution in [0.1, 0.15) is 51.9 Å². The molecule has 1 aliphatic carbocycles. The smallest absolute Gasteiger partial charge is 0.264 e. The van der Waals surface area contributed by atoms with Crippen LogP contribution in [0.25, 0.3) is 16.7 Å². The van der Waals surface area contributed by atoms with E-state index in [-0.39, 0.29) is 30.7 Å². The maximum atomic E-state index is 12.9. The van der Waals surface area contributed by atoms with Crippen LogP contribution in [-0.4, -0.2) is 74.5 Å². The molecule has 2 N–H and O–H groups in total. The molecule has 2 fully saturated rings. The number of carbonyl (C=O) groups is 1. The lowest BCUT2D eigenvalue weighted by Crippen LogP contribution is -2.40. The van der Waals surface area contributed by atoms with Crippen molar-refractivity contribution in [2.24, 2.45) is 5.92 Å². The predicted octanol–water partition coefficient (Wildman–Crippen LogP) is 3.45. The summed E-state index contributed by atoms with van der Waals surface area (Å²) in [4.78, 5) is 24.1. The second kappa shape index (κ2) is 11.2. The van der Waals surface area contributed by atoms with Crippen molar-refractivity contribution in [3.05, 3.63) is 36.7 Å². The fraction of sp³-hybridized carbons (Fsp3) is 0.538. The molecule has 3 heterocycles. The third-order valence-electron chi connectivity index (χ3n) is 7.48. The number of benzene rings is 1. The molecule has 0 bridgehead atoms. The van der Waals surface area contributed by atoms with E-state index in [4.69, 9.17) is 9.29 Å². The van der Waals surface area contributed by atoms with Gasteiger partial charge in [-0.25, -0.2) is 9.67 Å². The number of nitrogens with one attached hydrogen (secondary N) is 1. The third-order valence-corrected chi connectivity index (χ3v) is 8.29. The van der Waals surface area contributed by atoms with Gasteiger partial charge in [-0.2, -0.15) is 18.5 Å². The Hall–Kier alpha value is -3.25. The fourth-order valence-corrected chi connectivity index (χ4v) is 5.94. The summed E-state index contributed by atoms with van der Waals surface area (Å²) in [7, 11) is -4.01. The second-order valence-electron chi connectivity index (χ2n) is 10.2. The van der Waals surface area contributed by atoms with Gasteiger partial charge in [-0.15, -0.1) is 0 Å². The molecule has 2 aromatic heterocycles. The van der Waals surface area contributed by atoms with E-state index in [9.17, 15) is 13.2 Å². The minimum atomic E-state index is -4.01. The van der Waals surface area contributed by atoms with Gasteiger partial charge in [-0.1, -0.05) is 6.07 Å². The highest BCUT2D eigenvalue weighted by Crippen LogP contribution is 2.31. The van der Waals surface area contributed by atoms with E-state index in [2.05, 4.69) is 32.2 Å². The van der Waals surface area contributed by atoms with Gasteiger partial charge >= 0.3 is 0 Å². The van der Waals surface area contributed by atoms with Crippen molar-refractivity contribution in [2.45, 2.75) is 64.0 Å². The van der Waals surface area contributed by atoms with E-state index >= 15 is 0 Å². The van der Waals surface area contributed by atoms with Crippen molar-refractivity contribution in [2.75, 3.05) is 24.2 Å². The Morgan fingerprint density at radius 2 is 2.00 bits per heavy atom. The Morgan fingerprint density at radius 3 is 2.74 bits per heavy atom. The number of hydrogen-bond acceptors (Lipinski definition) is 8. The van der Waals surface area contributed by atoms with Crippen LogP contribution in [0.4, 0.5) is 5.95 Å². The average molecular weight is 543 g/mol. The number of carbonyl (C=O) groups excluding carboxylic acids is 1. The van der Waals surface area contributed by atoms with E-state index in [0.29, 0.717) is 29.5 Å². The van der Waals surface area contributed by atoms with Gasteiger partial charge in [-0.05, 0) is 64.0 Å². The normalized spacial score (nSPS) is 22.1. The third kappa shape index (κ3) is 6.07. The van der Waals surface area contributed by atoms with Gasteiger partial charge in [0.15, 0.2) is 5.82 Å². The Morgan fingerprint density at radius 1 is 1.18 bits per heavy atom. The number of likely N-dealkylation sites (tertiary alicyclic amines) is 1. The zero-order valence-electron chi connectivity index (χ0n) is 21.5. The van der Waals surface area contributed by atoms with E-state index in [1.807, 2.05) is 12.1 Å². The molecule has 1 aliphatic heterocycles. The van der Waals surface area contributed by atoms with E-state index in [1.54, 1.807) is 29.2 Å². The summed E-state index contributed by atoms with van der Waals surface area (Å²) >= 11 is 0. The van der Waals surface area contributed by atoms with Crippen molar-refractivity contribution >= 4 is 32.9 Å². The first-order valence-electron chi connectivity index (χ1n) is 13.2. The molecule has 2 aliphatic rings. The van der Waals surface area contributed by atoms with Crippen LogP contribution in [0.2, 0.25) is 0 Å². The minimum absolute atomic E-state index is 0.112. The number of rotatable bonds is 9. The second-order valence-corrected chi connectivity index (χ2v) is 11.8. The molecule has 204 valence electrons. The minimum Gasteiger partial charge on any atom is -0.493 e. The Labute approximate surface area is 222 Å². The fourth-order valence-electron chi connectivity index (χ4n) is 5.46. The van der Waals surface area contributed by atoms with Gasteiger partial charge in [0.05, 0.1) is 29.5 Å². The molecule has 1 amide bonds. The lowest BCUT2D eigenvalue weighted by Gasteiger charge is -2.32. The molecule has 1 saturated carbocycles. The van der Waals surface area contributed by atoms with Gasteiger partial charge in [0.25, 0.3) is 10.1 Å². The molecule has 1 unspecified atom stereocenters. The predicted molar refractivity (Wildman–Crippen MR) is 143 cm³/mol. The average Bonchev–Trinajstić information content (AvgIpc) is 3.53. The highest BCUT2D eigenvalue weighted by Gasteiger charge is 2.33. The number of ether oxygens (including phenoxy) is 1. The molecular formula is C26H34N6O5S. The molecule has 38 heavy (non-hydrogen) atoms. The van der Waals surface area contributed by atoms with E-state index in [1.165, 1.54) is 0 Å². The van der Waals surface area contributed by atoms with E-state index in [0.717, 1.165) is 56.0 Å². The van der Waals surface area contributed by atoms with Crippen LogP contribution < -0.4 is 10.1 Å². The molecule has 5 rings (SSSR count). The molecule has 11 nitrogen and oxygen atoms in total. The SMILES string of the molecule is CC1CCCN1C(=O)C1CCC(Nc2nccc(-n3ncc4c(OCCCS(=O)(=O)O)cccc43)n2)CC1. The lowest BCUT2D eigenvalue weighted by molar-refractivity contribution is -0.137. The van der Waals surface area contributed by atoms with Crippen LogP contribution in [0.3, 0.4) is 0 Å². The molecule has 0 spiro atoms. The molecule has 1 atom stereocenters. The summed E-state index contributed by atoms with van der Waals surface area (Å²) < 4.78 is 38.2. The quantitative estimate of drug-likeness (QED) is 0.307. The largest absolute Gasteiger partial charge is 0.493 e. The lowest BCUT2D eigenvalue weighted by atomic mass is 9.85. The van der Waals surface area contributed by atoms with Gasteiger partial charge in [0.2, 0.25) is 11.9 Å². The first kappa shape index (κ1) is 26.4. The van der Waals surface area contributed by atoms with Gasteiger partial charge < -0.3 is 15.0 Å². The number of amides is 1. The van der Waals surface area contributed by atoms with Crippen molar-refractivity contribution in [3.8, 4) is 11.6 Å². The molecule has 12 heteroatoms. The maximum absolute atomic E-state index is 12.9. The summed E-state index contributed by atoms with van der Waals surface area (Å²) in [5.41, 5.74) is 0.789. The molecule has 1 aromatic carbocycles. The Kier molecular flexibility index (Phi) is 7.80. The highest BCUT2D eigenvalue weighted by molar-refractivity contribution is 7.85. The van der Waals surface area contributed by atoms with Crippen LogP contribution in [0.5, 0.6) is 5.75 Å². The summed E-state index contributed by atoms with van der Waals surface area (Å²) in [6.45, 7) is 3.19. The molecule has 0 radical (unpaired) electrons. The number of hydrogen-bond donors (Lipinski definition) is 2. The van der Waals surface area contributed by atoms with Crippen LogP contribution in [0, 0.1) is 5.92 Å². The summed E-state index contributed by atoms with van der Waals surface area (Å²) in [5, 5.41) is 8.71. The zero-order chi connectivity index (χ0) is 26.7. The summed E-state index contributed by atoms with van der Waals surface area (Å²) in [6.07, 6.45) is 9.30. The first-order chi connectivity index (χ1) is 18.3. The summed E-state index contributed by atoms with van der Waals surface area (Å²) in [6, 6.07) is 7.89. The molecular weight excluding hydrogens is 508 g/mol.